The van der Waals surface area contributed by atoms with Crippen molar-refractivity contribution in [2.24, 2.45) is 0 Å². The van der Waals surface area contributed by atoms with E-state index >= 15 is 0 Å². The van der Waals surface area contributed by atoms with Crippen molar-refractivity contribution in [3.63, 3.8) is 0 Å². The summed E-state index contributed by atoms with van der Waals surface area (Å²) in [6, 6.07) is 5.38. The molecule has 0 N–H and O–H groups in total. The molecule has 20 heavy (non-hydrogen) atoms. The van der Waals surface area contributed by atoms with Gasteiger partial charge in [0.05, 0.1) is 22.4 Å². The number of esters is 1. The van der Waals surface area contributed by atoms with Gasteiger partial charge in [-0.3, -0.25) is 9.59 Å². The van der Waals surface area contributed by atoms with Crippen LogP contribution in [0.2, 0.25) is 10.0 Å². The Morgan fingerprint density at radius 2 is 2.10 bits per heavy atom. The summed E-state index contributed by atoms with van der Waals surface area (Å²) in [7, 11) is 0. The number of thiophene rings is 1. The third kappa shape index (κ3) is 3.28. The Hall–Kier alpha value is -0.750. The van der Waals surface area contributed by atoms with Gasteiger partial charge in [-0.15, -0.1) is 11.3 Å². The number of carbonyl (C=O) groups excluding carboxylic acids is 2. The van der Waals surface area contributed by atoms with E-state index in [-0.39, 0.29) is 10.9 Å². The van der Waals surface area contributed by atoms with Gasteiger partial charge in [0, 0.05) is 10.1 Å². The summed E-state index contributed by atoms with van der Waals surface area (Å²) in [5, 5.41) is 1.29. The fraction of sp³-hybridized carbons (Fsp3) is 0.231. The van der Waals surface area contributed by atoms with Crippen LogP contribution in [0.5, 0.6) is 0 Å². The van der Waals surface area contributed by atoms with Crippen molar-refractivity contribution >= 4 is 67.5 Å². The summed E-state index contributed by atoms with van der Waals surface area (Å²) < 4.78 is 5.62. The fourth-order valence-electron chi connectivity index (χ4n) is 1.59. The van der Waals surface area contributed by atoms with Crippen molar-refractivity contribution in [2.45, 2.75) is 6.92 Å². The first-order valence-corrected chi connectivity index (χ1v) is 8.29. The van der Waals surface area contributed by atoms with Crippen LogP contribution in [-0.2, 0) is 9.53 Å². The van der Waals surface area contributed by atoms with E-state index in [9.17, 15) is 9.59 Å². The van der Waals surface area contributed by atoms with Gasteiger partial charge in [0.1, 0.15) is 4.88 Å². The highest BCUT2D eigenvalue weighted by molar-refractivity contribution is 8.14. The molecule has 7 heteroatoms. The van der Waals surface area contributed by atoms with E-state index in [1.165, 1.54) is 11.3 Å². The Kier molecular flexibility index (Phi) is 5.32. The van der Waals surface area contributed by atoms with E-state index in [1.54, 1.807) is 19.1 Å². The molecule has 1 aromatic carbocycles. The molecule has 0 saturated heterocycles. The summed E-state index contributed by atoms with van der Waals surface area (Å²) in [6.45, 7) is 2.02. The fourth-order valence-corrected chi connectivity index (χ4v) is 4.31. The first-order valence-electron chi connectivity index (χ1n) is 5.73. The number of ether oxygens (including phenoxy) is 1. The maximum atomic E-state index is 12.1. The van der Waals surface area contributed by atoms with Gasteiger partial charge in [0.25, 0.3) is 0 Å². The van der Waals surface area contributed by atoms with Gasteiger partial charge >= 0.3 is 5.97 Å². The standard InChI is InChI=1S/C13H10Cl2O3S2/c1-2-18-9(16)6-19-13(17)12-11(15)10-7(14)4-3-5-8(10)20-12/h3-5H,2,6H2,1H3. The van der Waals surface area contributed by atoms with Crippen molar-refractivity contribution in [3.05, 3.63) is 33.1 Å². The van der Waals surface area contributed by atoms with Crippen LogP contribution in [-0.4, -0.2) is 23.4 Å². The Labute approximate surface area is 134 Å². The number of hydrogen-bond acceptors (Lipinski definition) is 5. The minimum Gasteiger partial charge on any atom is -0.465 e. The van der Waals surface area contributed by atoms with Crippen LogP contribution < -0.4 is 0 Å². The molecule has 0 radical (unpaired) electrons. The van der Waals surface area contributed by atoms with Crippen molar-refractivity contribution in [2.75, 3.05) is 12.4 Å². The first kappa shape index (κ1) is 15.6. The quantitative estimate of drug-likeness (QED) is 0.754. The predicted octanol–water partition coefficient (Wildman–Crippen LogP) is 4.64. The molecule has 0 spiro atoms. The number of carbonyl (C=O) groups is 2. The molecule has 0 fully saturated rings. The maximum absolute atomic E-state index is 12.1. The normalized spacial score (nSPS) is 10.8. The van der Waals surface area contributed by atoms with Crippen LogP contribution in [0.25, 0.3) is 10.1 Å². The van der Waals surface area contributed by atoms with Crippen LogP contribution in [0.15, 0.2) is 18.2 Å². The average Bonchev–Trinajstić information content (AvgIpc) is 2.75. The van der Waals surface area contributed by atoms with Crippen LogP contribution in [0.3, 0.4) is 0 Å². The minimum absolute atomic E-state index is 0.0228. The zero-order valence-electron chi connectivity index (χ0n) is 10.4. The van der Waals surface area contributed by atoms with E-state index in [4.69, 9.17) is 27.9 Å². The highest BCUT2D eigenvalue weighted by Crippen LogP contribution is 2.40. The summed E-state index contributed by atoms with van der Waals surface area (Å²) in [4.78, 5) is 23.7. The second-order valence-electron chi connectivity index (χ2n) is 3.74. The highest BCUT2D eigenvalue weighted by Gasteiger charge is 2.20. The summed E-state index contributed by atoms with van der Waals surface area (Å²) >= 11 is 14.4. The van der Waals surface area contributed by atoms with Crippen molar-refractivity contribution in [3.8, 4) is 0 Å². The molecule has 0 aliphatic heterocycles. The lowest BCUT2D eigenvalue weighted by Gasteiger charge is -2.00. The van der Waals surface area contributed by atoms with E-state index in [0.29, 0.717) is 26.9 Å². The second kappa shape index (κ2) is 6.80. The smallest absolute Gasteiger partial charge is 0.316 e. The van der Waals surface area contributed by atoms with Gasteiger partial charge in [0.15, 0.2) is 0 Å². The largest absolute Gasteiger partial charge is 0.465 e. The first-order chi connectivity index (χ1) is 9.54. The van der Waals surface area contributed by atoms with Crippen LogP contribution in [0.4, 0.5) is 0 Å². The molecule has 0 unspecified atom stereocenters. The maximum Gasteiger partial charge on any atom is 0.316 e. The molecule has 0 bridgehead atoms. The highest BCUT2D eigenvalue weighted by atomic mass is 35.5. The van der Waals surface area contributed by atoms with Crippen molar-refractivity contribution in [1.29, 1.82) is 0 Å². The summed E-state index contributed by atoms with van der Waals surface area (Å²) in [5.41, 5.74) is 0. The lowest BCUT2D eigenvalue weighted by atomic mass is 10.2. The molecule has 3 nitrogen and oxygen atoms in total. The Morgan fingerprint density at radius 3 is 2.75 bits per heavy atom. The summed E-state index contributed by atoms with van der Waals surface area (Å²) in [6.07, 6.45) is 0. The lowest BCUT2D eigenvalue weighted by Crippen LogP contribution is -2.08. The number of halogens is 2. The number of thioether (sulfide) groups is 1. The SMILES string of the molecule is CCOC(=O)CSC(=O)c1sc2cccc(Cl)c2c1Cl. The Bertz CT molecular complexity index is 667. The molecule has 0 aliphatic rings. The Balaban J connectivity index is 2.21. The number of hydrogen-bond donors (Lipinski definition) is 0. The molecule has 1 aromatic heterocycles. The molecular formula is C13H10Cl2O3S2. The Morgan fingerprint density at radius 1 is 1.35 bits per heavy atom. The van der Waals surface area contributed by atoms with Gasteiger partial charge in [-0.05, 0) is 19.1 Å². The van der Waals surface area contributed by atoms with E-state index in [0.717, 1.165) is 16.5 Å². The van der Waals surface area contributed by atoms with Crippen molar-refractivity contribution < 1.29 is 14.3 Å². The average molecular weight is 349 g/mol. The molecule has 1 heterocycles. The van der Waals surface area contributed by atoms with Gasteiger partial charge in [0.2, 0.25) is 5.12 Å². The molecular weight excluding hydrogens is 339 g/mol. The van der Waals surface area contributed by atoms with Gasteiger partial charge < -0.3 is 4.74 Å². The predicted molar refractivity (Wildman–Crippen MR) is 85.3 cm³/mol. The van der Waals surface area contributed by atoms with Crippen LogP contribution in [0.1, 0.15) is 16.6 Å². The second-order valence-corrected chi connectivity index (χ2v) is 6.52. The topological polar surface area (TPSA) is 43.4 Å². The van der Waals surface area contributed by atoms with E-state index in [2.05, 4.69) is 0 Å². The molecule has 0 saturated carbocycles. The van der Waals surface area contributed by atoms with Crippen LogP contribution >= 0.6 is 46.3 Å². The lowest BCUT2D eigenvalue weighted by molar-refractivity contribution is -0.139. The minimum atomic E-state index is -0.416. The molecule has 0 atom stereocenters. The summed E-state index contributed by atoms with van der Waals surface area (Å²) in [5.74, 6) is -0.438. The molecule has 106 valence electrons. The third-order valence-corrected chi connectivity index (χ3v) is 5.35. The molecule has 0 amide bonds. The molecule has 2 rings (SSSR count). The zero-order valence-corrected chi connectivity index (χ0v) is 13.6. The number of fused-ring (bicyclic) bond motifs is 1. The monoisotopic (exact) mass is 348 g/mol. The van der Waals surface area contributed by atoms with Gasteiger partial charge in [-0.2, -0.15) is 0 Å². The molecule has 2 aromatic rings. The van der Waals surface area contributed by atoms with Crippen LogP contribution in [0, 0.1) is 0 Å². The number of rotatable bonds is 4. The van der Waals surface area contributed by atoms with E-state index < -0.39 is 5.97 Å². The zero-order chi connectivity index (χ0) is 14.7. The van der Waals surface area contributed by atoms with Gasteiger partial charge in [-0.25, -0.2) is 0 Å². The van der Waals surface area contributed by atoms with Gasteiger partial charge in [-0.1, -0.05) is 41.0 Å². The van der Waals surface area contributed by atoms with E-state index in [1.807, 2.05) is 6.07 Å². The molecule has 0 aliphatic carbocycles. The third-order valence-electron chi connectivity index (χ3n) is 2.42. The number of benzene rings is 1. The van der Waals surface area contributed by atoms with Crippen molar-refractivity contribution in [1.82, 2.24) is 0 Å².